The molecule has 0 unspecified atom stereocenters. The fourth-order valence-electron chi connectivity index (χ4n) is 1.36. The number of allylic oxidation sites excluding steroid dienone is 1. The van der Waals surface area contributed by atoms with E-state index in [2.05, 4.69) is 0 Å². The maximum Gasteiger partial charge on any atom is 0.410 e. The number of carbonyl (C=O) groups is 2. The quantitative estimate of drug-likeness (QED) is 0.570. The molecule has 19 heavy (non-hydrogen) atoms. The molecule has 0 aliphatic carbocycles. The van der Waals surface area contributed by atoms with Crippen LogP contribution < -0.4 is 0 Å². The van der Waals surface area contributed by atoms with Crippen LogP contribution in [0, 0.1) is 0 Å². The molecule has 0 aromatic heterocycles. The molecule has 0 aliphatic heterocycles. The molecule has 0 saturated heterocycles. The third-order valence-corrected chi connectivity index (χ3v) is 2.23. The Hall–Kier alpha value is -1.52. The van der Waals surface area contributed by atoms with Crippen LogP contribution in [0.4, 0.5) is 4.79 Å². The minimum atomic E-state index is -0.525. The van der Waals surface area contributed by atoms with Crippen LogP contribution in [0.15, 0.2) is 11.6 Å². The summed E-state index contributed by atoms with van der Waals surface area (Å²) in [5.41, 5.74) is 0.301. The zero-order valence-corrected chi connectivity index (χ0v) is 12.8. The number of amides is 1. The predicted octanol–water partition coefficient (Wildman–Crippen LogP) is 2.75. The second kappa shape index (κ2) is 7.81. The molecule has 5 heteroatoms. The van der Waals surface area contributed by atoms with Crippen molar-refractivity contribution in [3.8, 4) is 0 Å². The Labute approximate surface area is 115 Å². The van der Waals surface area contributed by atoms with Crippen molar-refractivity contribution in [2.45, 2.75) is 46.6 Å². The molecule has 0 fully saturated rings. The van der Waals surface area contributed by atoms with Gasteiger partial charge in [0.1, 0.15) is 5.60 Å². The first-order valence-corrected chi connectivity index (χ1v) is 6.43. The maximum atomic E-state index is 11.8. The first kappa shape index (κ1) is 17.5. The minimum absolute atomic E-state index is 0.192. The molecule has 0 bridgehead atoms. The Morgan fingerprint density at radius 3 is 2.26 bits per heavy atom. The Kier molecular flexibility index (Phi) is 7.19. The molecule has 0 rings (SSSR count). The molecule has 0 N–H and O–H groups in total. The molecular formula is C14H25NO4. The van der Waals surface area contributed by atoms with Gasteiger partial charge >= 0.3 is 12.1 Å². The van der Waals surface area contributed by atoms with Crippen molar-refractivity contribution in [3.63, 3.8) is 0 Å². The standard InChI is InChI=1S/C14H25NO4/c1-7-11(9-12(16)18-8-2)10-15(6)13(17)19-14(3,4)5/h7H,8-10H2,1-6H3/b11-7-. The van der Waals surface area contributed by atoms with E-state index in [1.807, 2.05) is 33.8 Å². The highest BCUT2D eigenvalue weighted by molar-refractivity contribution is 5.73. The van der Waals surface area contributed by atoms with Gasteiger partial charge in [-0.2, -0.15) is 0 Å². The monoisotopic (exact) mass is 271 g/mol. The summed E-state index contributed by atoms with van der Waals surface area (Å²) in [6, 6.07) is 0. The van der Waals surface area contributed by atoms with Crippen LogP contribution in [-0.2, 0) is 14.3 Å². The van der Waals surface area contributed by atoms with E-state index in [1.165, 1.54) is 4.90 Å². The summed E-state index contributed by atoms with van der Waals surface area (Å²) >= 11 is 0. The summed E-state index contributed by atoms with van der Waals surface area (Å²) in [5, 5.41) is 0. The molecule has 0 atom stereocenters. The number of hydrogen-bond acceptors (Lipinski definition) is 4. The molecule has 0 spiro atoms. The Morgan fingerprint density at radius 2 is 1.84 bits per heavy atom. The molecule has 1 amide bonds. The van der Waals surface area contributed by atoms with Crippen LogP contribution in [0.25, 0.3) is 0 Å². The highest BCUT2D eigenvalue weighted by atomic mass is 16.6. The van der Waals surface area contributed by atoms with Crippen molar-refractivity contribution in [3.05, 3.63) is 11.6 Å². The molecule has 5 nitrogen and oxygen atoms in total. The fraction of sp³-hybridized carbons (Fsp3) is 0.714. The van der Waals surface area contributed by atoms with Crippen LogP contribution in [-0.4, -0.2) is 42.8 Å². The van der Waals surface area contributed by atoms with E-state index in [1.54, 1.807) is 14.0 Å². The Balaban J connectivity index is 4.39. The summed E-state index contributed by atoms with van der Waals surface area (Å²) in [6.07, 6.45) is 1.60. The van der Waals surface area contributed by atoms with E-state index in [4.69, 9.17) is 9.47 Å². The van der Waals surface area contributed by atoms with E-state index >= 15 is 0 Å². The van der Waals surface area contributed by atoms with Crippen LogP contribution in [0.5, 0.6) is 0 Å². The molecule has 0 saturated carbocycles. The van der Waals surface area contributed by atoms with E-state index in [-0.39, 0.29) is 12.4 Å². The Morgan fingerprint density at radius 1 is 1.26 bits per heavy atom. The summed E-state index contributed by atoms with van der Waals surface area (Å²) in [4.78, 5) is 24.6. The van der Waals surface area contributed by atoms with Gasteiger partial charge in [-0.1, -0.05) is 6.08 Å². The SMILES string of the molecule is C/C=C(/CC(=O)OCC)CN(C)C(=O)OC(C)(C)C. The van der Waals surface area contributed by atoms with Crippen LogP contribution in [0.1, 0.15) is 41.0 Å². The Bertz CT molecular complexity index is 342. The summed E-state index contributed by atoms with van der Waals surface area (Å²) < 4.78 is 10.1. The molecule has 110 valence electrons. The van der Waals surface area contributed by atoms with Gasteiger partial charge in [0.15, 0.2) is 0 Å². The van der Waals surface area contributed by atoms with Gasteiger partial charge in [-0.05, 0) is 40.2 Å². The number of hydrogen-bond donors (Lipinski definition) is 0. The van der Waals surface area contributed by atoms with Gasteiger partial charge in [0, 0.05) is 13.6 Å². The molecule has 0 heterocycles. The molecular weight excluding hydrogens is 246 g/mol. The van der Waals surface area contributed by atoms with Crippen molar-refractivity contribution in [2.75, 3.05) is 20.2 Å². The molecule has 0 aromatic rings. The number of esters is 1. The smallest absolute Gasteiger partial charge is 0.410 e. The second-order valence-electron chi connectivity index (χ2n) is 5.27. The van der Waals surface area contributed by atoms with Crippen LogP contribution >= 0.6 is 0 Å². The van der Waals surface area contributed by atoms with Gasteiger partial charge in [-0.3, -0.25) is 4.79 Å². The zero-order valence-electron chi connectivity index (χ0n) is 12.8. The third kappa shape index (κ3) is 8.24. The largest absolute Gasteiger partial charge is 0.466 e. The van der Waals surface area contributed by atoms with Crippen LogP contribution in [0.3, 0.4) is 0 Å². The lowest BCUT2D eigenvalue weighted by atomic mass is 10.1. The lowest BCUT2D eigenvalue weighted by Gasteiger charge is -2.25. The number of ether oxygens (including phenoxy) is 2. The first-order chi connectivity index (χ1) is 8.69. The van der Waals surface area contributed by atoms with Gasteiger partial charge in [-0.15, -0.1) is 0 Å². The zero-order chi connectivity index (χ0) is 15.1. The van der Waals surface area contributed by atoms with Gasteiger partial charge < -0.3 is 14.4 Å². The second-order valence-corrected chi connectivity index (χ2v) is 5.27. The van der Waals surface area contributed by atoms with E-state index in [9.17, 15) is 9.59 Å². The van der Waals surface area contributed by atoms with E-state index < -0.39 is 11.7 Å². The van der Waals surface area contributed by atoms with Crippen molar-refractivity contribution in [1.29, 1.82) is 0 Å². The van der Waals surface area contributed by atoms with Gasteiger partial charge in [0.05, 0.1) is 13.0 Å². The lowest BCUT2D eigenvalue weighted by Crippen LogP contribution is -2.35. The summed E-state index contributed by atoms with van der Waals surface area (Å²) in [7, 11) is 1.64. The van der Waals surface area contributed by atoms with Crippen molar-refractivity contribution in [2.24, 2.45) is 0 Å². The fourth-order valence-corrected chi connectivity index (χ4v) is 1.36. The summed E-state index contributed by atoms with van der Waals surface area (Å²) in [5.74, 6) is -0.284. The maximum absolute atomic E-state index is 11.8. The van der Waals surface area contributed by atoms with Gasteiger partial charge in [0.2, 0.25) is 0 Å². The lowest BCUT2D eigenvalue weighted by molar-refractivity contribution is -0.142. The average Bonchev–Trinajstić information content (AvgIpc) is 2.25. The van der Waals surface area contributed by atoms with Crippen molar-refractivity contribution >= 4 is 12.1 Å². The van der Waals surface area contributed by atoms with E-state index in [0.29, 0.717) is 13.2 Å². The molecule has 0 aromatic carbocycles. The molecule has 0 aliphatic rings. The topological polar surface area (TPSA) is 55.8 Å². The third-order valence-electron chi connectivity index (χ3n) is 2.23. The highest BCUT2D eigenvalue weighted by Crippen LogP contribution is 2.11. The number of likely N-dealkylation sites (N-methyl/N-ethyl adjacent to an activating group) is 1. The van der Waals surface area contributed by atoms with Crippen LogP contribution in [0.2, 0.25) is 0 Å². The van der Waals surface area contributed by atoms with Crippen molar-refractivity contribution in [1.82, 2.24) is 4.90 Å². The normalized spacial score (nSPS) is 12.0. The van der Waals surface area contributed by atoms with E-state index in [0.717, 1.165) is 5.57 Å². The first-order valence-electron chi connectivity index (χ1n) is 6.43. The minimum Gasteiger partial charge on any atom is -0.466 e. The number of carbonyl (C=O) groups excluding carboxylic acids is 2. The highest BCUT2D eigenvalue weighted by Gasteiger charge is 2.20. The number of rotatable bonds is 5. The van der Waals surface area contributed by atoms with Crippen molar-refractivity contribution < 1.29 is 19.1 Å². The number of nitrogens with zero attached hydrogens (tertiary/aromatic N) is 1. The molecule has 0 radical (unpaired) electrons. The van der Waals surface area contributed by atoms with Gasteiger partial charge in [-0.25, -0.2) is 4.79 Å². The van der Waals surface area contributed by atoms with Gasteiger partial charge in [0.25, 0.3) is 0 Å². The summed E-state index contributed by atoms with van der Waals surface area (Å²) in [6.45, 7) is 9.75. The predicted molar refractivity (Wildman–Crippen MR) is 73.9 cm³/mol. The average molecular weight is 271 g/mol.